The van der Waals surface area contributed by atoms with Gasteiger partial charge in [0.05, 0.1) is 0 Å². The molecule has 1 heterocycles. The van der Waals surface area contributed by atoms with Crippen molar-refractivity contribution in [2.24, 2.45) is 0 Å². The second-order valence-electron chi connectivity index (χ2n) is 5.53. The summed E-state index contributed by atoms with van der Waals surface area (Å²) in [4.78, 5) is 5.10. The van der Waals surface area contributed by atoms with E-state index in [-0.39, 0.29) is 0 Å². The average molecular weight is 281 g/mol. The quantitative estimate of drug-likeness (QED) is 0.777. The van der Waals surface area contributed by atoms with E-state index in [0.717, 1.165) is 13.1 Å². The lowest BCUT2D eigenvalue weighted by molar-refractivity contribution is 0.193. The van der Waals surface area contributed by atoms with Crippen molar-refractivity contribution in [2.75, 3.05) is 31.1 Å². The van der Waals surface area contributed by atoms with E-state index in [2.05, 4.69) is 48.8 Å². The van der Waals surface area contributed by atoms with Gasteiger partial charge in [0.2, 0.25) is 0 Å². The van der Waals surface area contributed by atoms with Crippen molar-refractivity contribution in [2.45, 2.75) is 39.1 Å². The van der Waals surface area contributed by atoms with Crippen LogP contribution in [-0.2, 0) is 5.88 Å². The third-order valence-corrected chi connectivity index (χ3v) is 4.59. The van der Waals surface area contributed by atoms with Gasteiger partial charge in [0, 0.05) is 43.8 Å². The van der Waals surface area contributed by atoms with Crippen molar-refractivity contribution < 1.29 is 0 Å². The van der Waals surface area contributed by atoms with Crippen molar-refractivity contribution in [1.29, 1.82) is 0 Å². The summed E-state index contributed by atoms with van der Waals surface area (Å²) in [6.07, 6.45) is 1.24. The molecule has 1 aliphatic rings. The lowest BCUT2D eigenvalue weighted by Gasteiger charge is -2.39. The SMILES string of the molecule is CCC(C)N1CCN(c2ccc(CCl)cc2C)CC1. The molecule has 1 atom stereocenters. The smallest absolute Gasteiger partial charge is 0.0474 e. The standard InChI is InChI=1S/C16H25ClN2/c1-4-14(3)18-7-9-19(10-8-18)16-6-5-15(12-17)11-13(16)2/h5-6,11,14H,4,7-10,12H2,1-3H3. The van der Waals surface area contributed by atoms with Crippen LogP contribution in [0.5, 0.6) is 0 Å². The molecule has 0 aliphatic carbocycles. The van der Waals surface area contributed by atoms with Gasteiger partial charge in [-0.1, -0.05) is 19.1 Å². The lowest BCUT2D eigenvalue weighted by Crippen LogP contribution is -2.49. The fourth-order valence-electron chi connectivity index (χ4n) is 2.82. The molecule has 2 nitrogen and oxygen atoms in total. The summed E-state index contributed by atoms with van der Waals surface area (Å²) < 4.78 is 0. The molecule has 0 spiro atoms. The van der Waals surface area contributed by atoms with E-state index < -0.39 is 0 Å². The van der Waals surface area contributed by atoms with Gasteiger partial charge in [-0.2, -0.15) is 0 Å². The number of nitrogens with zero attached hydrogens (tertiary/aromatic N) is 2. The van der Waals surface area contributed by atoms with Crippen molar-refractivity contribution in [3.05, 3.63) is 29.3 Å². The first-order valence-electron chi connectivity index (χ1n) is 7.30. The van der Waals surface area contributed by atoms with Gasteiger partial charge < -0.3 is 4.90 Å². The Morgan fingerprint density at radius 3 is 2.42 bits per heavy atom. The van der Waals surface area contributed by atoms with Crippen molar-refractivity contribution in [3.8, 4) is 0 Å². The van der Waals surface area contributed by atoms with Crippen LogP contribution in [-0.4, -0.2) is 37.1 Å². The number of alkyl halides is 1. The van der Waals surface area contributed by atoms with Gasteiger partial charge in [-0.3, -0.25) is 4.90 Å². The Morgan fingerprint density at radius 1 is 1.21 bits per heavy atom. The molecule has 0 radical (unpaired) electrons. The van der Waals surface area contributed by atoms with Gasteiger partial charge >= 0.3 is 0 Å². The fraction of sp³-hybridized carbons (Fsp3) is 0.625. The van der Waals surface area contributed by atoms with Gasteiger partial charge in [-0.15, -0.1) is 11.6 Å². The minimum absolute atomic E-state index is 0.600. The maximum atomic E-state index is 5.89. The largest absolute Gasteiger partial charge is 0.369 e. The highest BCUT2D eigenvalue weighted by Gasteiger charge is 2.20. The van der Waals surface area contributed by atoms with Crippen LogP contribution in [0.2, 0.25) is 0 Å². The molecule has 0 aromatic heterocycles. The highest BCUT2D eigenvalue weighted by molar-refractivity contribution is 6.17. The van der Waals surface area contributed by atoms with E-state index in [4.69, 9.17) is 11.6 Å². The number of aryl methyl sites for hydroxylation is 1. The number of hydrogen-bond donors (Lipinski definition) is 0. The molecule has 1 unspecified atom stereocenters. The Labute approximate surface area is 122 Å². The zero-order valence-electron chi connectivity index (χ0n) is 12.3. The molecule has 1 saturated heterocycles. The number of hydrogen-bond acceptors (Lipinski definition) is 2. The van der Waals surface area contributed by atoms with Gasteiger partial charge in [-0.25, -0.2) is 0 Å². The van der Waals surface area contributed by atoms with Crippen LogP contribution in [0, 0.1) is 6.92 Å². The normalized spacial score (nSPS) is 18.6. The number of piperazine rings is 1. The van der Waals surface area contributed by atoms with Crippen LogP contribution < -0.4 is 4.90 Å². The van der Waals surface area contributed by atoms with E-state index in [1.54, 1.807) is 0 Å². The molecule has 0 amide bonds. The number of benzene rings is 1. The molecule has 0 bridgehead atoms. The molecule has 1 aromatic carbocycles. The first-order chi connectivity index (χ1) is 9.15. The van der Waals surface area contributed by atoms with Gasteiger partial charge in [-0.05, 0) is 37.5 Å². The molecule has 3 heteroatoms. The zero-order chi connectivity index (χ0) is 13.8. The Bertz CT molecular complexity index is 411. The lowest BCUT2D eigenvalue weighted by atomic mass is 10.1. The van der Waals surface area contributed by atoms with Crippen molar-refractivity contribution in [1.82, 2.24) is 4.90 Å². The van der Waals surface area contributed by atoms with Crippen LogP contribution in [0.25, 0.3) is 0 Å². The average Bonchev–Trinajstić information content (AvgIpc) is 2.46. The summed E-state index contributed by atoms with van der Waals surface area (Å²) in [5.41, 5.74) is 3.92. The topological polar surface area (TPSA) is 6.48 Å². The molecule has 1 aliphatic heterocycles. The molecule has 0 saturated carbocycles. The van der Waals surface area contributed by atoms with E-state index in [9.17, 15) is 0 Å². The molecule has 0 N–H and O–H groups in total. The van der Waals surface area contributed by atoms with Crippen LogP contribution >= 0.6 is 11.6 Å². The van der Waals surface area contributed by atoms with E-state index in [1.165, 1.54) is 36.3 Å². The minimum atomic E-state index is 0.600. The molecule has 19 heavy (non-hydrogen) atoms. The van der Waals surface area contributed by atoms with Crippen molar-refractivity contribution >= 4 is 17.3 Å². The Kier molecular flexibility index (Phi) is 5.12. The van der Waals surface area contributed by atoms with E-state index >= 15 is 0 Å². The predicted molar refractivity (Wildman–Crippen MR) is 84.3 cm³/mol. The summed E-state index contributed by atoms with van der Waals surface area (Å²) in [6, 6.07) is 7.30. The first kappa shape index (κ1) is 14.7. The second-order valence-corrected chi connectivity index (χ2v) is 5.80. The maximum absolute atomic E-state index is 5.89. The maximum Gasteiger partial charge on any atom is 0.0474 e. The van der Waals surface area contributed by atoms with Crippen molar-refractivity contribution in [3.63, 3.8) is 0 Å². The molecule has 1 aromatic rings. The van der Waals surface area contributed by atoms with Gasteiger partial charge in [0.15, 0.2) is 0 Å². The molecule has 1 fully saturated rings. The summed E-state index contributed by atoms with van der Waals surface area (Å²) >= 11 is 5.89. The highest BCUT2D eigenvalue weighted by atomic mass is 35.5. The Hall–Kier alpha value is -0.730. The van der Waals surface area contributed by atoms with Crippen LogP contribution in [0.1, 0.15) is 31.4 Å². The fourth-order valence-corrected chi connectivity index (χ4v) is 2.98. The van der Waals surface area contributed by atoms with E-state index in [0.29, 0.717) is 11.9 Å². The molecule has 2 rings (SSSR count). The third kappa shape index (κ3) is 3.43. The van der Waals surface area contributed by atoms with E-state index in [1.807, 2.05) is 0 Å². The highest BCUT2D eigenvalue weighted by Crippen LogP contribution is 2.24. The number of halogens is 1. The summed E-state index contributed by atoms with van der Waals surface area (Å²) in [7, 11) is 0. The second kappa shape index (κ2) is 6.62. The monoisotopic (exact) mass is 280 g/mol. The Morgan fingerprint density at radius 2 is 1.89 bits per heavy atom. The zero-order valence-corrected chi connectivity index (χ0v) is 13.1. The molecule has 106 valence electrons. The number of anilines is 1. The summed E-state index contributed by atoms with van der Waals surface area (Å²) in [5.74, 6) is 0.600. The summed E-state index contributed by atoms with van der Waals surface area (Å²) in [5, 5.41) is 0. The summed E-state index contributed by atoms with van der Waals surface area (Å²) in [6.45, 7) is 11.4. The van der Waals surface area contributed by atoms with Crippen LogP contribution in [0.4, 0.5) is 5.69 Å². The number of rotatable bonds is 4. The predicted octanol–water partition coefficient (Wildman–Crippen LogP) is 3.65. The Balaban J connectivity index is 2.01. The van der Waals surface area contributed by atoms with Crippen LogP contribution in [0.3, 0.4) is 0 Å². The molecular formula is C16H25ClN2. The first-order valence-corrected chi connectivity index (χ1v) is 7.83. The minimum Gasteiger partial charge on any atom is -0.369 e. The van der Waals surface area contributed by atoms with Gasteiger partial charge in [0.1, 0.15) is 0 Å². The third-order valence-electron chi connectivity index (χ3n) is 4.28. The van der Waals surface area contributed by atoms with Gasteiger partial charge in [0.25, 0.3) is 0 Å². The van der Waals surface area contributed by atoms with Crippen LogP contribution in [0.15, 0.2) is 18.2 Å². The molecular weight excluding hydrogens is 256 g/mol.